The summed E-state index contributed by atoms with van der Waals surface area (Å²) in [6.45, 7) is 0. The predicted molar refractivity (Wildman–Crippen MR) is 107 cm³/mol. The average molecular weight is 387 g/mol. The van der Waals surface area contributed by atoms with E-state index in [1.54, 1.807) is 24.3 Å². The molecule has 0 fully saturated rings. The van der Waals surface area contributed by atoms with Crippen molar-refractivity contribution in [3.8, 4) is 23.0 Å². The molecule has 3 rings (SSSR count). The Morgan fingerprint density at radius 3 is 0.889 bits per heavy atom. The molecule has 0 aliphatic carbocycles. The minimum Gasteiger partial charge on any atom is -0.466 e. The zero-order valence-electron chi connectivity index (χ0n) is 14.7. The van der Waals surface area contributed by atoms with Gasteiger partial charge in [-0.3, -0.25) is 0 Å². The van der Waals surface area contributed by atoms with Gasteiger partial charge >= 0.3 is 0 Å². The Hall–Kier alpha value is -3.37. The Morgan fingerprint density at radius 2 is 0.630 bits per heavy atom. The van der Waals surface area contributed by atoms with Crippen molar-refractivity contribution in [1.29, 1.82) is 0 Å². The van der Waals surface area contributed by atoms with Gasteiger partial charge in [0, 0.05) is 0 Å². The Balaban J connectivity index is 0.00000261. The highest BCUT2D eigenvalue weighted by molar-refractivity contribution is 6.92. The molecule has 6 nitrogen and oxygen atoms in total. The largest absolute Gasteiger partial charge is 0.466 e. The van der Waals surface area contributed by atoms with Crippen LogP contribution in [0.15, 0.2) is 98.6 Å². The third kappa shape index (κ3) is 6.45. The highest BCUT2D eigenvalue weighted by Crippen LogP contribution is 2.28. The summed E-state index contributed by atoms with van der Waals surface area (Å²) in [6.07, 6.45) is 11.0. The Morgan fingerprint density at radius 1 is 0.370 bits per heavy atom. The molecule has 1 aliphatic rings. The molecule has 0 amide bonds. The van der Waals surface area contributed by atoms with Crippen LogP contribution in [-0.2, 0) is 9.47 Å². The van der Waals surface area contributed by atoms with E-state index in [-0.39, 0.29) is 9.90 Å². The molecule has 0 saturated heterocycles. The van der Waals surface area contributed by atoms with E-state index in [9.17, 15) is 0 Å². The number of para-hydroxylation sites is 4. The first-order chi connectivity index (χ1) is 12.9. The van der Waals surface area contributed by atoms with E-state index in [0.29, 0.717) is 23.0 Å². The lowest BCUT2D eigenvalue weighted by atomic mass is 10.3. The molecule has 1 heterocycles. The van der Waals surface area contributed by atoms with Crippen molar-refractivity contribution in [2.24, 2.45) is 0 Å². The zero-order chi connectivity index (χ0) is 17.9. The second-order valence-corrected chi connectivity index (χ2v) is 4.73. The van der Waals surface area contributed by atoms with Crippen molar-refractivity contribution in [2.45, 2.75) is 0 Å². The van der Waals surface area contributed by atoms with E-state index in [0.717, 1.165) is 0 Å². The molecule has 140 valence electrons. The van der Waals surface area contributed by atoms with Crippen LogP contribution in [0.25, 0.3) is 0 Å². The number of ether oxygens (including phenoxy) is 6. The normalized spacial score (nSPS) is 18.1. The lowest BCUT2D eigenvalue weighted by Gasteiger charge is -2.07. The zero-order valence-corrected chi connectivity index (χ0v) is 16.7. The van der Waals surface area contributed by atoms with E-state index in [4.69, 9.17) is 28.4 Å². The molecular formula is C20H20O6P+. The highest BCUT2D eigenvalue weighted by atomic mass is 31.0. The minimum absolute atomic E-state index is 0. The van der Waals surface area contributed by atoms with Crippen LogP contribution in [-0.4, -0.2) is 0 Å². The Labute approximate surface area is 160 Å². The quantitative estimate of drug-likeness (QED) is 0.615. The summed E-state index contributed by atoms with van der Waals surface area (Å²) >= 11 is 0. The SMILES string of the molecule is C1=C\Oc2ccccc2O/C=C\O/C=C\Oc2ccccc2O/C=C\O/1.[PH4+]. The first-order valence-electron chi connectivity index (χ1n) is 7.69. The molecule has 2 aromatic carbocycles. The van der Waals surface area contributed by atoms with E-state index < -0.39 is 0 Å². The van der Waals surface area contributed by atoms with E-state index in [2.05, 4.69) is 0 Å². The maximum Gasteiger partial charge on any atom is 0.169 e. The lowest BCUT2D eigenvalue weighted by Crippen LogP contribution is -1.90. The summed E-state index contributed by atoms with van der Waals surface area (Å²) in [6, 6.07) is 14.4. The van der Waals surface area contributed by atoms with Gasteiger partial charge in [0.1, 0.15) is 50.1 Å². The molecule has 2 aromatic rings. The van der Waals surface area contributed by atoms with Gasteiger partial charge in [-0.1, -0.05) is 24.3 Å². The van der Waals surface area contributed by atoms with Crippen LogP contribution in [0.5, 0.6) is 23.0 Å². The highest BCUT2D eigenvalue weighted by Gasteiger charge is 2.02. The maximum atomic E-state index is 5.48. The number of hydrogen-bond donors (Lipinski definition) is 0. The standard InChI is InChI=1S/C20H16O6.H3P/c1-2-6-18-17(5-1)23-13-9-21-11-15-25-19-7-3-4-8-20(19)26-16-12-22-10-14-24-18;/h1-16H;1H3/p+1/b13-9-,14-10-,15-11-,16-12-;. The fourth-order valence-corrected chi connectivity index (χ4v) is 1.91. The number of rotatable bonds is 0. The third-order valence-corrected chi connectivity index (χ3v) is 3.01. The fraction of sp³-hybridized carbons (Fsp3) is 0. The molecule has 0 saturated carbocycles. The molecule has 7 heteroatoms. The molecule has 0 N–H and O–H groups in total. The molecule has 1 atom stereocenters. The van der Waals surface area contributed by atoms with Crippen molar-refractivity contribution in [1.82, 2.24) is 0 Å². The van der Waals surface area contributed by atoms with Gasteiger partial charge in [-0.2, -0.15) is 0 Å². The third-order valence-electron chi connectivity index (χ3n) is 3.01. The summed E-state index contributed by atoms with van der Waals surface area (Å²) in [7, 11) is 0. The summed E-state index contributed by atoms with van der Waals surface area (Å²) in [4.78, 5) is 0. The monoisotopic (exact) mass is 387 g/mol. The maximum absolute atomic E-state index is 5.48. The van der Waals surface area contributed by atoms with E-state index in [1.165, 1.54) is 50.1 Å². The van der Waals surface area contributed by atoms with Crippen molar-refractivity contribution in [3.05, 3.63) is 98.6 Å². The summed E-state index contributed by atoms with van der Waals surface area (Å²) in [5.41, 5.74) is 0. The molecule has 1 aliphatic heterocycles. The second-order valence-electron chi connectivity index (χ2n) is 4.73. The van der Waals surface area contributed by atoms with E-state index >= 15 is 0 Å². The van der Waals surface area contributed by atoms with Gasteiger partial charge in [0.05, 0.1) is 0 Å². The molecule has 0 radical (unpaired) electrons. The number of benzene rings is 2. The first-order valence-corrected chi connectivity index (χ1v) is 7.69. The van der Waals surface area contributed by atoms with Crippen LogP contribution in [0.3, 0.4) is 0 Å². The van der Waals surface area contributed by atoms with Crippen LogP contribution >= 0.6 is 9.90 Å². The topological polar surface area (TPSA) is 55.4 Å². The van der Waals surface area contributed by atoms with Gasteiger partial charge in [0.25, 0.3) is 0 Å². The summed E-state index contributed by atoms with van der Waals surface area (Å²) in [5, 5.41) is 0. The van der Waals surface area contributed by atoms with Crippen molar-refractivity contribution >= 4 is 9.90 Å². The van der Waals surface area contributed by atoms with Gasteiger partial charge in [-0.05, 0) is 34.2 Å². The van der Waals surface area contributed by atoms with Crippen molar-refractivity contribution in [3.63, 3.8) is 0 Å². The van der Waals surface area contributed by atoms with Crippen LogP contribution in [0.4, 0.5) is 0 Å². The lowest BCUT2D eigenvalue weighted by molar-refractivity contribution is 0.331. The van der Waals surface area contributed by atoms with Crippen molar-refractivity contribution < 1.29 is 28.4 Å². The predicted octanol–water partition coefficient (Wildman–Crippen LogP) is 4.62. The van der Waals surface area contributed by atoms with Crippen LogP contribution in [0.1, 0.15) is 0 Å². The molecule has 1 unspecified atom stereocenters. The van der Waals surface area contributed by atoms with Crippen LogP contribution in [0, 0.1) is 0 Å². The Bertz CT molecular complexity index is 693. The van der Waals surface area contributed by atoms with Crippen molar-refractivity contribution in [2.75, 3.05) is 0 Å². The minimum atomic E-state index is 0. The Kier molecular flexibility index (Phi) is 8.34. The van der Waals surface area contributed by atoms with Crippen LogP contribution < -0.4 is 18.9 Å². The smallest absolute Gasteiger partial charge is 0.169 e. The average Bonchev–Trinajstić information content (AvgIpc) is 2.68. The molecule has 0 bridgehead atoms. The fourth-order valence-electron chi connectivity index (χ4n) is 1.91. The van der Waals surface area contributed by atoms with Gasteiger partial charge in [-0.25, -0.2) is 0 Å². The summed E-state index contributed by atoms with van der Waals surface area (Å²) in [5.74, 6) is 2.08. The van der Waals surface area contributed by atoms with E-state index in [1.807, 2.05) is 24.3 Å². The second kappa shape index (κ2) is 11.3. The van der Waals surface area contributed by atoms with Gasteiger partial charge in [0.15, 0.2) is 23.0 Å². The summed E-state index contributed by atoms with van der Waals surface area (Å²) < 4.78 is 32.2. The van der Waals surface area contributed by atoms with Gasteiger partial charge in [-0.15, -0.1) is 0 Å². The number of fused-ring (bicyclic) bond motifs is 2. The number of hydrogen-bond acceptors (Lipinski definition) is 6. The molecule has 0 spiro atoms. The molecule has 27 heavy (non-hydrogen) atoms. The first kappa shape index (κ1) is 19.9. The molecular weight excluding hydrogens is 367 g/mol. The van der Waals surface area contributed by atoms with Gasteiger partial charge < -0.3 is 28.4 Å². The van der Waals surface area contributed by atoms with Gasteiger partial charge in [0.2, 0.25) is 0 Å². The molecule has 0 aromatic heterocycles. The van der Waals surface area contributed by atoms with Crippen LogP contribution in [0.2, 0.25) is 0 Å².